The highest BCUT2D eigenvalue weighted by molar-refractivity contribution is 7.91. The van der Waals surface area contributed by atoms with Crippen LogP contribution in [0.5, 0.6) is 28.7 Å². The number of benzene rings is 6. The lowest BCUT2D eigenvalue weighted by Crippen LogP contribution is -2.18. The summed E-state index contributed by atoms with van der Waals surface area (Å²) >= 11 is 0. The molecule has 0 heterocycles. The van der Waals surface area contributed by atoms with Crippen LogP contribution in [0.2, 0.25) is 0 Å². The van der Waals surface area contributed by atoms with Crippen LogP contribution in [-0.4, -0.2) is 15.5 Å². The topological polar surface area (TPSA) is 61.8 Å². The van der Waals surface area contributed by atoms with Gasteiger partial charge in [-0.25, -0.2) is 8.42 Å². The first-order valence-corrected chi connectivity index (χ1v) is 16.8. The van der Waals surface area contributed by atoms with Crippen molar-refractivity contribution < 1.29 is 22.6 Å². The third kappa shape index (κ3) is 7.08. The van der Waals surface area contributed by atoms with Crippen LogP contribution in [-0.2, 0) is 15.3 Å². The van der Waals surface area contributed by atoms with E-state index in [2.05, 4.69) is 69.3 Å². The molecule has 0 fully saturated rings. The maximum Gasteiger partial charge on any atom is 0.206 e. The largest absolute Gasteiger partial charge is 0.497 e. The summed E-state index contributed by atoms with van der Waals surface area (Å²) in [6, 6.07) is 45.1. The molecule has 0 bridgehead atoms. The summed E-state index contributed by atoms with van der Waals surface area (Å²) in [5, 5.41) is 0. The molecule has 0 radical (unpaired) electrons. The van der Waals surface area contributed by atoms with E-state index in [0.29, 0.717) is 23.0 Å². The fourth-order valence-electron chi connectivity index (χ4n) is 5.36. The van der Waals surface area contributed by atoms with Gasteiger partial charge in [0, 0.05) is 5.41 Å². The molecule has 5 nitrogen and oxygen atoms in total. The monoisotopic (exact) mass is 640 g/mol. The van der Waals surface area contributed by atoms with E-state index in [4.69, 9.17) is 14.2 Å². The van der Waals surface area contributed by atoms with E-state index in [1.807, 2.05) is 48.5 Å². The Bertz CT molecular complexity index is 2050. The molecule has 6 heteroatoms. The van der Waals surface area contributed by atoms with Crippen LogP contribution in [0.1, 0.15) is 30.5 Å². The molecule has 6 aromatic rings. The molecule has 0 spiro atoms. The Morgan fingerprint density at radius 1 is 0.447 bits per heavy atom. The number of aryl methyl sites for hydroxylation is 1. The average molecular weight is 641 g/mol. The Labute approximate surface area is 277 Å². The standard InChI is InChI=1S/C41H36O5S/c1-29-5-11-32(12-6-29)41(2,3)33-13-7-30(8-14-33)31-9-25-39(26-10-31)47(42,43)40-27-23-38(24-28-40)46-37-21-19-36(20-22-37)45-35-17-15-34(44-4)16-18-35/h5-28H,1-4H3. The predicted octanol–water partition coefficient (Wildman–Crippen LogP) is 10.4. The molecular formula is C41H36O5S. The third-order valence-corrected chi connectivity index (χ3v) is 10.2. The summed E-state index contributed by atoms with van der Waals surface area (Å²) < 4.78 is 43.8. The van der Waals surface area contributed by atoms with Gasteiger partial charge in [-0.15, -0.1) is 0 Å². The Hall–Kier alpha value is -5.33. The molecule has 6 rings (SSSR count). The minimum Gasteiger partial charge on any atom is -0.497 e. The third-order valence-electron chi connectivity index (χ3n) is 8.37. The first-order valence-electron chi connectivity index (χ1n) is 15.3. The first kappa shape index (κ1) is 31.6. The second-order valence-corrected chi connectivity index (χ2v) is 13.9. The zero-order valence-corrected chi connectivity index (χ0v) is 27.6. The lowest BCUT2D eigenvalue weighted by Gasteiger charge is -2.26. The van der Waals surface area contributed by atoms with Crippen molar-refractivity contribution in [3.8, 4) is 39.9 Å². The van der Waals surface area contributed by atoms with Gasteiger partial charge >= 0.3 is 0 Å². The number of hydrogen-bond donors (Lipinski definition) is 0. The smallest absolute Gasteiger partial charge is 0.206 e. The molecule has 6 aromatic carbocycles. The minimum atomic E-state index is -3.71. The summed E-state index contributed by atoms with van der Waals surface area (Å²) in [6.45, 7) is 6.55. The molecular weight excluding hydrogens is 605 g/mol. The maximum absolute atomic E-state index is 13.4. The number of ether oxygens (including phenoxy) is 3. The molecule has 0 aromatic heterocycles. The predicted molar refractivity (Wildman–Crippen MR) is 187 cm³/mol. The van der Waals surface area contributed by atoms with E-state index < -0.39 is 9.84 Å². The van der Waals surface area contributed by atoms with Gasteiger partial charge in [-0.05, 0) is 114 Å². The van der Waals surface area contributed by atoms with Crippen LogP contribution in [0.15, 0.2) is 155 Å². The average Bonchev–Trinajstić information content (AvgIpc) is 3.10. The van der Waals surface area contributed by atoms with Gasteiger partial charge in [-0.1, -0.05) is 80.1 Å². The van der Waals surface area contributed by atoms with E-state index in [1.165, 1.54) is 16.7 Å². The van der Waals surface area contributed by atoms with Crippen LogP contribution in [0.25, 0.3) is 11.1 Å². The quantitative estimate of drug-likeness (QED) is 0.149. The highest BCUT2D eigenvalue weighted by Crippen LogP contribution is 2.34. The minimum absolute atomic E-state index is 0.136. The molecule has 0 unspecified atom stereocenters. The number of methoxy groups -OCH3 is 1. The molecule has 0 aliphatic carbocycles. The van der Waals surface area contributed by atoms with Crippen LogP contribution in [0, 0.1) is 6.92 Å². The Morgan fingerprint density at radius 2 is 0.766 bits per heavy atom. The lowest BCUT2D eigenvalue weighted by molar-refractivity contribution is 0.413. The van der Waals surface area contributed by atoms with Crippen molar-refractivity contribution in [1.82, 2.24) is 0 Å². The summed E-state index contributed by atoms with van der Waals surface area (Å²) in [4.78, 5) is 0.433. The van der Waals surface area contributed by atoms with E-state index in [-0.39, 0.29) is 15.2 Å². The SMILES string of the molecule is COc1ccc(Oc2ccc(Oc3ccc(S(=O)(=O)c4ccc(-c5ccc(C(C)(C)c6ccc(C)cc6)cc5)cc4)cc3)cc2)cc1. The van der Waals surface area contributed by atoms with Gasteiger partial charge in [0.1, 0.15) is 28.7 Å². The van der Waals surface area contributed by atoms with E-state index in [9.17, 15) is 8.42 Å². The summed E-state index contributed by atoms with van der Waals surface area (Å²) in [5.41, 5.74) is 5.56. The van der Waals surface area contributed by atoms with E-state index in [1.54, 1.807) is 55.6 Å². The molecule has 0 saturated carbocycles. The van der Waals surface area contributed by atoms with Crippen LogP contribution in [0.3, 0.4) is 0 Å². The van der Waals surface area contributed by atoms with Gasteiger partial charge in [0.2, 0.25) is 9.84 Å². The number of sulfone groups is 1. The molecule has 0 saturated heterocycles. The van der Waals surface area contributed by atoms with Crippen molar-refractivity contribution in [2.75, 3.05) is 7.11 Å². The molecule has 47 heavy (non-hydrogen) atoms. The molecule has 0 atom stereocenters. The molecule has 0 aliphatic heterocycles. The van der Waals surface area contributed by atoms with Crippen molar-refractivity contribution in [3.05, 3.63) is 162 Å². The zero-order valence-electron chi connectivity index (χ0n) is 26.8. The number of hydrogen-bond acceptors (Lipinski definition) is 5. The molecule has 0 N–H and O–H groups in total. The second kappa shape index (κ2) is 13.2. The Morgan fingerprint density at radius 3 is 1.17 bits per heavy atom. The van der Waals surface area contributed by atoms with Crippen molar-refractivity contribution in [2.24, 2.45) is 0 Å². The fourth-order valence-corrected chi connectivity index (χ4v) is 6.62. The van der Waals surface area contributed by atoms with Crippen molar-refractivity contribution in [3.63, 3.8) is 0 Å². The highest BCUT2D eigenvalue weighted by Gasteiger charge is 2.23. The van der Waals surface area contributed by atoms with E-state index >= 15 is 0 Å². The van der Waals surface area contributed by atoms with Crippen LogP contribution >= 0.6 is 0 Å². The highest BCUT2D eigenvalue weighted by atomic mass is 32.2. The van der Waals surface area contributed by atoms with Crippen LogP contribution < -0.4 is 14.2 Å². The number of rotatable bonds is 10. The molecule has 0 amide bonds. The van der Waals surface area contributed by atoms with Gasteiger partial charge in [-0.3, -0.25) is 0 Å². The van der Waals surface area contributed by atoms with Gasteiger partial charge in [0.25, 0.3) is 0 Å². The zero-order chi connectivity index (χ0) is 33.0. The van der Waals surface area contributed by atoms with Gasteiger partial charge in [0.15, 0.2) is 0 Å². The Kier molecular flexibility index (Phi) is 8.88. The maximum atomic E-state index is 13.4. The normalized spacial score (nSPS) is 11.6. The van der Waals surface area contributed by atoms with Crippen LogP contribution in [0.4, 0.5) is 0 Å². The van der Waals surface area contributed by atoms with Crippen molar-refractivity contribution in [2.45, 2.75) is 36.0 Å². The van der Waals surface area contributed by atoms with E-state index in [0.717, 1.165) is 16.9 Å². The molecule has 0 aliphatic rings. The van der Waals surface area contributed by atoms with Gasteiger partial charge in [0.05, 0.1) is 16.9 Å². The van der Waals surface area contributed by atoms with Gasteiger partial charge < -0.3 is 14.2 Å². The first-order chi connectivity index (χ1) is 22.6. The second-order valence-electron chi connectivity index (χ2n) is 11.9. The summed E-state index contributed by atoms with van der Waals surface area (Å²) in [7, 11) is -2.09. The summed E-state index contributed by atoms with van der Waals surface area (Å²) in [6.07, 6.45) is 0. The Balaban J connectivity index is 1.10. The fraction of sp³-hybridized carbons (Fsp3) is 0.122. The summed E-state index contributed by atoms with van der Waals surface area (Å²) in [5.74, 6) is 3.24. The lowest BCUT2D eigenvalue weighted by atomic mass is 9.77. The van der Waals surface area contributed by atoms with Crippen molar-refractivity contribution >= 4 is 9.84 Å². The molecule has 236 valence electrons. The van der Waals surface area contributed by atoms with Gasteiger partial charge in [-0.2, -0.15) is 0 Å². The van der Waals surface area contributed by atoms with Crippen molar-refractivity contribution in [1.29, 1.82) is 0 Å².